The van der Waals surface area contributed by atoms with Crippen LogP contribution in [0.15, 0.2) is 18.2 Å². The number of ether oxygens (including phenoxy) is 2. The molecule has 0 spiro atoms. The zero-order chi connectivity index (χ0) is 13.1. The number of aryl methyl sites for hydroxylation is 1. The van der Waals surface area contributed by atoms with Crippen LogP contribution in [-0.4, -0.2) is 19.5 Å². The van der Waals surface area contributed by atoms with Gasteiger partial charge in [-0.2, -0.15) is 0 Å². The quantitative estimate of drug-likeness (QED) is 0.806. The van der Waals surface area contributed by atoms with Gasteiger partial charge >= 0.3 is 0 Å². The Kier molecular flexibility index (Phi) is 4.16. The highest BCUT2D eigenvalue weighted by molar-refractivity contribution is 5.85. The van der Waals surface area contributed by atoms with Crippen molar-refractivity contribution < 1.29 is 14.3 Å². The minimum Gasteiger partial charge on any atom is -0.493 e. The molecule has 0 saturated carbocycles. The standard InChI is InChI=1S/C14H20O3/c1-10-6-7-11(12(8-10)16-5)17-9-13(15)14(2,3)4/h6-8H,9H2,1-5H3. The molecule has 0 unspecified atom stereocenters. The van der Waals surface area contributed by atoms with Gasteiger partial charge in [0, 0.05) is 5.41 Å². The molecule has 0 N–H and O–H groups in total. The first-order valence-corrected chi connectivity index (χ1v) is 5.65. The van der Waals surface area contributed by atoms with Crippen molar-refractivity contribution in [2.45, 2.75) is 27.7 Å². The first-order valence-electron chi connectivity index (χ1n) is 5.65. The monoisotopic (exact) mass is 236 g/mol. The van der Waals surface area contributed by atoms with Crippen LogP contribution in [0.4, 0.5) is 0 Å². The summed E-state index contributed by atoms with van der Waals surface area (Å²) in [5, 5.41) is 0. The van der Waals surface area contributed by atoms with Crippen LogP contribution in [0.2, 0.25) is 0 Å². The molecular weight excluding hydrogens is 216 g/mol. The van der Waals surface area contributed by atoms with Gasteiger partial charge in [0.1, 0.15) is 6.61 Å². The average molecular weight is 236 g/mol. The Morgan fingerprint density at radius 1 is 1.24 bits per heavy atom. The van der Waals surface area contributed by atoms with E-state index in [-0.39, 0.29) is 17.8 Å². The van der Waals surface area contributed by atoms with E-state index < -0.39 is 0 Å². The van der Waals surface area contributed by atoms with Crippen LogP contribution in [0.5, 0.6) is 11.5 Å². The number of carbonyl (C=O) groups is 1. The molecule has 0 aliphatic rings. The largest absolute Gasteiger partial charge is 0.493 e. The van der Waals surface area contributed by atoms with Gasteiger partial charge in [-0.1, -0.05) is 26.8 Å². The Morgan fingerprint density at radius 2 is 1.88 bits per heavy atom. The minimum absolute atomic E-state index is 0.0696. The van der Waals surface area contributed by atoms with Gasteiger partial charge in [-0.15, -0.1) is 0 Å². The maximum Gasteiger partial charge on any atom is 0.175 e. The lowest BCUT2D eigenvalue weighted by Gasteiger charge is -2.17. The summed E-state index contributed by atoms with van der Waals surface area (Å²) in [5.74, 6) is 1.34. The number of methoxy groups -OCH3 is 1. The van der Waals surface area contributed by atoms with E-state index in [0.717, 1.165) is 5.56 Å². The van der Waals surface area contributed by atoms with Crippen molar-refractivity contribution in [1.82, 2.24) is 0 Å². The summed E-state index contributed by atoms with van der Waals surface area (Å²) in [5.41, 5.74) is 0.717. The molecule has 1 aromatic carbocycles. The van der Waals surface area contributed by atoms with Gasteiger partial charge in [0.25, 0.3) is 0 Å². The van der Waals surface area contributed by atoms with Gasteiger partial charge in [0.15, 0.2) is 17.3 Å². The number of hydrogen-bond donors (Lipinski definition) is 0. The summed E-state index contributed by atoms with van der Waals surface area (Å²) in [6.07, 6.45) is 0. The summed E-state index contributed by atoms with van der Waals surface area (Å²) in [4.78, 5) is 11.7. The molecule has 0 fully saturated rings. The molecule has 0 aromatic heterocycles. The van der Waals surface area contributed by atoms with E-state index in [9.17, 15) is 4.79 Å². The number of Topliss-reactive ketones (excluding diaryl/α,β-unsaturated/α-hetero) is 1. The van der Waals surface area contributed by atoms with Gasteiger partial charge in [0.2, 0.25) is 0 Å². The molecule has 3 heteroatoms. The van der Waals surface area contributed by atoms with Gasteiger partial charge in [-0.05, 0) is 24.6 Å². The molecule has 0 aliphatic heterocycles. The third-order valence-corrected chi connectivity index (χ3v) is 2.51. The summed E-state index contributed by atoms with van der Waals surface area (Å²) in [6, 6.07) is 5.64. The van der Waals surface area contributed by atoms with Gasteiger partial charge in [-0.3, -0.25) is 4.79 Å². The third-order valence-electron chi connectivity index (χ3n) is 2.51. The second kappa shape index (κ2) is 5.21. The summed E-state index contributed by atoms with van der Waals surface area (Å²) in [6.45, 7) is 7.69. The molecule has 0 atom stereocenters. The van der Waals surface area contributed by atoms with Crippen LogP contribution in [0.1, 0.15) is 26.3 Å². The lowest BCUT2D eigenvalue weighted by Crippen LogP contribution is -2.26. The number of carbonyl (C=O) groups excluding carboxylic acids is 1. The van der Waals surface area contributed by atoms with Gasteiger partial charge < -0.3 is 9.47 Å². The predicted octanol–water partition coefficient (Wildman–Crippen LogP) is 3.00. The van der Waals surface area contributed by atoms with Crippen LogP contribution in [-0.2, 0) is 4.79 Å². The topological polar surface area (TPSA) is 35.5 Å². The van der Waals surface area contributed by atoms with Crippen LogP contribution >= 0.6 is 0 Å². The first-order chi connectivity index (χ1) is 7.84. The minimum atomic E-state index is -0.377. The number of rotatable bonds is 4. The average Bonchev–Trinajstić information content (AvgIpc) is 2.25. The molecule has 3 nitrogen and oxygen atoms in total. The highest BCUT2D eigenvalue weighted by Crippen LogP contribution is 2.28. The number of ketones is 1. The summed E-state index contributed by atoms with van der Waals surface area (Å²) >= 11 is 0. The highest BCUT2D eigenvalue weighted by Gasteiger charge is 2.21. The Bertz CT molecular complexity index is 402. The molecule has 94 valence electrons. The molecule has 0 radical (unpaired) electrons. The van der Waals surface area contributed by atoms with E-state index in [0.29, 0.717) is 11.5 Å². The molecular formula is C14H20O3. The van der Waals surface area contributed by atoms with Crippen LogP contribution in [0.25, 0.3) is 0 Å². The molecule has 0 saturated heterocycles. The molecule has 1 rings (SSSR count). The van der Waals surface area contributed by atoms with Crippen molar-refractivity contribution in [2.75, 3.05) is 13.7 Å². The Balaban J connectivity index is 2.73. The fourth-order valence-electron chi connectivity index (χ4n) is 1.25. The second-order valence-electron chi connectivity index (χ2n) is 5.12. The normalized spacial score (nSPS) is 11.1. The predicted molar refractivity (Wildman–Crippen MR) is 67.7 cm³/mol. The van der Waals surface area contributed by atoms with E-state index in [2.05, 4.69) is 0 Å². The SMILES string of the molecule is COc1cc(C)ccc1OCC(=O)C(C)(C)C. The maximum atomic E-state index is 11.7. The maximum absolute atomic E-state index is 11.7. The van der Waals surface area contributed by atoms with Crippen LogP contribution in [0, 0.1) is 12.3 Å². The molecule has 0 aliphatic carbocycles. The first kappa shape index (κ1) is 13.6. The van der Waals surface area contributed by atoms with Crippen LogP contribution in [0.3, 0.4) is 0 Å². The van der Waals surface area contributed by atoms with Crippen molar-refractivity contribution in [1.29, 1.82) is 0 Å². The molecule has 1 aromatic rings. The van der Waals surface area contributed by atoms with Crippen molar-refractivity contribution in [3.8, 4) is 11.5 Å². The molecule has 0 heterocycles. The van der Waals surface area contributed by atoms with Crippen molar-refractivity contribution in [3.63, 3.8) is 0 Å². The smallest absolute Gasteiger partial charge is 0.175 e. The molecule has 17 heavy (non-hydrogen) atoms. The van der Waals surface area contributed by atoms with E-state index in [1.165, 1.54) is 0 Å². The second-order valence-corrected chi connectivity index (χ2v) is 5.12. The lowest BCUT2D eigenvalue weighted by atomic mass is 9.91. The van der Waals surface area contributed by atoms with Crippen molar-refractivity contribution in [2.24, 2.45) is 5.41 Å². The number of hydrogen-bond acceptors (Lipinski definition) is 3. The van der Waals surface area contributed by atoms with Crippen molar-refractivity contribution in [3.05, 3.63) is 23.8 Å². The zero-order valence-corrected chi connectivity index (χ0v) is 11.2. The third kappa shape index (κ3) is 3.77. The summed E-state index contributed by atoms with van der Waals surface area (Å²) < 4.78 is 10.7. The van der Waals surface area contributed by atoms with Gasteiger partial charge in [-0.25, -0.2) is 0 Å². The fourth-order valence-corrected chi connectivity index (χ4v) is 1.25. The van der Waals surface area contributed by atoms with Gasteiger partial charge in [0.05, 0.1) is 7.11 Å². The number of benzene rings is 1. The van der Waals surface area contributed by atoms with Crippen molar-refractivity contribution >= 4 is 5.78 Å². The Morgan fingerprint density at radius 3 is 2.41 bits per heavy atom. The van der Waals surface area contributed by atoms with Crippen LogP contribution < -0.4 is 9.47 Å². The summed E-state index contributed by atoms with van der Waals surface area (Å²) in [7, 11) is 1.59. The Hall–Kier alpha value is -1.51. The highest BCUT2D eigenvalue weighted by atomic mass is 16.5. The Labute approximate surface area is 103 Å². The van der Waals surface area contributed by atoms with E-state index in [1.54, 1.807) is 7.11 Å². The van der Waals surface area contributed by atoms with E-state index in [1.807, 2.05) is 45.9 Å². The van der Waals surface area contributed by atoms with E-state index >= 15 is 0 Å². The fraction of sp³-hybridized carbons (Fsp3) is 0.500. The lowest BCUT2D eigenvalue weighted by molar-refractivity contribution is -0.128. The molecule has 0 bridgehead atoms. The zero-order valence-electron chi connectivity index (χ0n) is 11.2. The molecule has 0 amide bonds. The van der Waals surface area contributed by atoms with E-state index in [4.69, 9.17) is 9.47 Å².